The molecule has 0 aliphatic heterocycles. The summed E-state index contributed by atoms with van der Waals surface area (Å²) in [7, 11) is 0. The van der Waals surface area contributed by atoms with Gasteiger partial charge >= 0.3 is 5.97 Å². The van der Waals surface area contributed by atoms with Crippen molar-refractivity contribution in [2.75, 3.05) is 0 Å². The summed E-state index contributed by atoms with van der Waals surface area (Å²) in [4.78, 5) is 35.4. The molecule has 0 saturated heterocycles. The summed E-state index contributed by atoms with van der Waals surface area (Å²) >= 11 is 5.81. The van der Waals surface area contributed by atoms with Crippen LogP contribution in [0.5, 0.6) is 0 Å². The molecule has 1 amide bonds. The van der Waals surface area contributed by atoms with Gasteiger partial charge in [0.15, 0.2) is 0 Å². The normalized spacial score (nSPS) is 10.7. The van der Waals surface area contributed by atoms with Gasteiger partial charge in [0, 0.05) is 11.8 Å². The van der Waals surface area contributed by atoms with Crippen molar-refractivity contribution < 1.29 is 18.8 Å². The summed E-state index contributed by atoms with van der Waals surface area (Å²) in [5.41, 5.74) is 4.01. The fraction of sp³-hybridized carbons (Fsp3) is 0.211. The number of aromatic nitrogens is 2. The van der Waals surface area contributed by atoms with Crippen molar-refractivity contribution >= 4 is 34.4 Å². The first-order chi connectivity index (χ1) is 13.0. The number of carbonyl (C=O) groups excluding carboxylic acids is 2. The number of hydrogen-bond donors (Lipinski definition) is 2. The van der Waals surface area contributed by atoms with Crippen LogP contribution in [0.3, 0.4) is 0 Å². The highest BCUT2D eigenvalue weighted by molar-refractivity contribution is 6.30. The molecule has 1 aromatic carbocycles. The minimum atomic E-state index is -0.568. The fourth-order valence-electron chi connectivity index (χ4n) is 2.59. The monoisotopic (exact) mass is 389 g/mol. The first-order valence-electron chi connectivity index (χ1n) is 8.40. The minimum Gasteiger partial charge on any atom is -0.349 e. The highest BCUT2D eigenvalue weighted by Gasteiger charge is 2.12. The van der Waals surface area contributed by atoms with Crippen LogP contribution in [0.1, 0.15) is 35.3 Å². The fourth-order valence-corrected chi connectivity index (χ4v) is 2.75. The van der Waals surface area contributed by atoms with E-state index in [1.54, 1.807) is 24.3 Å². The third-order valence-corrected chi connectivity index (χ3v) is 4.19. The van der Waals surface area contributed by atoms with Crippen LogP contribution in [0, 0.1) is 5.82 Å². The van der Waals surface area contributed by atoms with E-state index >= 15 is 0 Å². The molecule has 2 heterocycles. The van der Waals surface area contributed by atoms with Crippen LogP contribution in [0.25, 0.3) is 10.9 Å². The number of hydroxylamine groups is 1. The Morgan fingerprint density at radius 3 is 2.74 bits per heavy atom. The number of amides is 1. The highest BCUT2D eigenvalue weighted by atomic mass is 35.5. The predicted octanol–water partition coefficient (Wildman–Crippen LogP) is 3.96. The molecule has 27 heavy (non-hydrogen) atoms. The molecular formula is C19H17ClFN3O3. The summed E-state index contributed by atoms with van der Waals surface area (Å²) < 4.78 is 12.8. The molecule has 0 saturated carbocycles. The number of benzene rings is 1. The molecule has 0 aliphatic rings. The maximum absolute atomic E-state index is 12.8. The molecule has 2 N–H and O–H groups in total. The molecular weight excluding hydrogens is 373 g/mol. The van der Waals surface area contributed by atoms with E-state index in [1.165, 1.54) is 18.3 Å². The Labute approximate surface area is 159 Å². The molecule has 0 radical (unpaired) electrons. The number of fused-ring (bicyclic) bond motifs is 1. The Hall–Kier alpha value is -2.93. The average Bonchev–Trinajstić information content (AvgIpc) is 3.08. The second-order valence-electron chi connectivity index (χ2n) is 6.02. The summed E-state index contributed by atoms with van der Waals surface area (Å²) in [6, 6.07) is 9.47. The Morgan fingerprint density at radius 2 is 1.96 bits per heavy atom. The van der Waals surface area contributed by atoms with Gasteiger partial charge in [0.05, 0.1) is 11.7 Å². The number of carbonyl (C=O) groups is 2. The van der Waals surface area contributed by atoms with Crippen molar-refractivity contribution in [3.8, 4) is 0 Å². The summed E-state index contributed by atoms with van der Waals surface area (Å²) in [6.07, 6.45) is 3.79. The zero-order chi connectivity index (χ0) is 19.2. The van der Waals surface area contributed by atoms with E-state index < -0.39 is 11.9 Å². The van der Waals surface area contributed by atoms with E-state index in [0.717, 1.165) is 23.8 Å². The molecule has 3 aromatic rings. The number of hydrogen-bond acceptors (Lipinski definition) is 4. The SMILES string of the molecule is O=C(CCCCc1ccc(F)cc1)ONC(=O)c1cc2cc(Cl)ncc2[nH]1. The first kappa shape index (κ1) is 18.8. The zero-order valence-electron chi connectivity index (χ0n) is 14.3. The van der Waals surface area contributed by atoms with Crippen LogP contribution in [-0.4, -0.2) is 21.8 Å². The van der Waals surface area contributed by atoms with Gasteiger partial charge in [0.1, 0.15) is 16.7 Å². The van der Waals surface area contributed by atoms with Crippen LogP contribution in [-0.2, 0) is 16.1 Å². The highest BCUT2D eigenvalue weighted by Crippen LogP contribution is 2.17. The average molecular weight is 390 g/mol. The largest absolute Gasteiger partial charge is 0.349 e. The molecule has 2 aromatic heterocycles. The van der Waals surface area contributed by atoms with Gasteiger partial charge < -0.3 is 9.82 Å². The van der Waals surface area contributed by atoms with E-state index in [2.05, 4.69) is 15.4 Å². The van der Waals surface area contributed by atoms with Gasteiger partial charge in [-0.3, -0.25) is 4.79 Å². The molecule has 0 unspecified atom stereocenters. The summed E-state index contributed by atoms with van der Waals surface area (Å²) in [5.74, 6) is -1.36. The van der Waals surface area contributed by atoms with Crippen molar-refractivity contribution in [1.29, 1.82) is 0 Å². The van der Waals surface area contributed by atoms with Gasteiger partial charge in [-0.25, -0.2) is 14.2 Å². The lowest BCUT2D eigenvalue weighted by Gasteiger charge is -2.05. The third kappa shape index (κ3) is 5.27. The smallest absolute Gasteiger partial charge is 0.332 e. The topological polar surface area (TPSA) is 84.1 Å². The number of nitrogens with zero attached hydrogens (tertiary/aromatic N) is 1. The molecule has 0 fully saturated rings. The molecule has 0 aliphatic carbocycles. The van der Waals surface area contributed by atoms with Gasteiger partial charge in [-0.2, -0.15) is 5.48 Å². The lowest BCUT2D eigenvalue weighted by Crippen LogP contribution is -2.27. The maximum Gasteiger partial charge on any atom is 0.332 e. The Kier molecular flexibility index (Phi) is 6.03. The van der Waals surface area contributed by atoms with Gasteiger partial charge in [-0.15, -0.1) is 0 Å². The van der Waals surface area contributed by atoms with Crippen molar-refractivity contribution in [2.45, 2.75) is 25.7 Å². The Balaban J connectivity index is 1.40. The van der Waals surface area contributed by atoms with Crippen LogP contribution < -0.4 is 5.48 Å². The number of aryl methyl sites for hydroxylation is 1. The van der Waals surface area contributed by atoms with Crippen LogP contribution in [0.15, 0.2) is 42.6 Å². The number of halogens is 2. The molecule has 8 heteroatoms. The van der Waals surface area contributed by atoms with Gasteiger partial charge in [-0.05, 0) is 49.1 Å². The number of nitrogens with one attached hydrogen (secondary N) is 2. The van der Waals surface area contributed by atoms with E-state index in [0.29, 0.717) is 17.1 Å². The quantitative estimate of drug-likeness (QED) is 0.379. The molecule has 6 nitrogen and oxygen atoms in total. The summed E-state index contributed by atoms with van der Waals surface area (Å²) in [6.45, 7) is 0. The molecule has 0 spiro atoms. The Bertz CT molecular complexity index is 956. The molecule has 140 valence electrons. The van der Waals surface area contributed by atoms with Crippen molar-refractivity contribution in [1.82, 2.24) is 15.4 Å². The van der Waals surface area contributed by atoms with Crippen molar-refractivity contribution in [3.63, 3.8) is 0 Å². The van der Waals surface area contributed by atoms with Gasteiger partial charge in [0.25, 0.3) is 5.91 Å². The van der Waals surface area contributed by atoms with Crippen LogP contribution in [0.4, 0.5) is 4.39 Å². The predicted molar refractivity (Wildman–Crippen MR) is 98.6 cm³/mol. The van der Waals surface area contributed by atoms with Crippen LogP contribution >= 0.6 is 11.6 Å². The van der Waals surface area contributed by atoms with E-state index in [1.807, 2.05) is 0 Å². The summed E-state index contributed by atoms with van der Waals surface area (Å²) in [5, 5.41) is 1.05. The van der Waals surface area contributed by atoms with Gasteiger partial charge in [0.2, 0.25) is 0 Å². The second kappa shape index (κ2) is 8.64. The number of H-pyrrole nitrogens is 1. The number of unbranched alkanes of at least 4 members (excludes halogenated alkanes) is 1. The first-order valence-corrected chi connectivity index (χ1v) is 8.78. The number of pyridine rings is 1. The Morgan fingerprint density at radius 1 is 1.19 bits per heavy atom. The van der Waals surface area contributed by atoms with E-state index in [4.69, 9.17) is 16.4 Å². The zero-order valence-corrected chi connectivity index (χ0v) is 15.1. The second-order valence-corrected chi connectivity index (χ2v) is 6.40. The van der Waals surface area contributed by atoms with Crippen molar-refractivity contribution in [3.05, 3.63) is 64.8 Å². The van der Waals surface area contributed by atoms with E-state index in [-0.39, 0.29) is 17.9 Å². The molecule has 3 rings (SSSR count). The van der Waals surface area contributed by atoms with Crippen LogP contribution in [0.2, 0.25) is 5.15 Å². The standard InChI is InChI=1S/C19H17ClFN3O3/c20-17-10-13-9-15(23-16(13)11-22-17)19(26)24-27-18(25)4-2-1-3-12-5-7-14(21)8-6-12/h5-11,23H,1-4H2,(H,24,26). The van der Waals surface area contributed by atoms with Crippen molar-refractivity contribution in [2.24, 2.45) is 0 Å². The molecule has 0 atom stereocenters. The third-order valence-electron chi connectivity index (χ3n) is 3.98. The lowest BCUT2D eigenvalue weighted by molar-refractivity contribution is -0.149. The maximum atomic E-state index is 12.8. The lowest BCUT2D eigenvalue weighted by atomic mass is 10.1. The molecule has 0 bridgehead atoms. The minimum absolute atomic E-state index is 0.174. The number of aromatic amines is 1. The van der Waals surface area contributed by atoms with Gasteiger partial charge in [-0.1, -0.05) is 23.7 Å². The number of rotatable bonds is 6. The van der Waals surface area contributed by atoms with E-state index in [9.17, 15) is 14.0 Å².